The number of likely N-dealkylation sites (N-methyl/N-ethyl adjacent to an activating group) is 1. The Bertz CT molecular complexity index is 328. The number of rotatable bonds is 5. The van der Waals surface area contributed by atoms with Crippen LogP contribution in [0.25, 0.3) is 0 Å². The molecule has 0 spiro atoms. The summed E-state index contributed by atoms with van der Waals surface area (Å²) < 4.78 is 0. The lowest BCUT2D eigenvalue weighted by atomic mass is 10.00. The van der Waals surface area contributed by atoms with Gasteiger partial charge >= 0.3 is 0 Å². The topological polar surface area (TPSA) is 12.0 Å². The summed E-state index contributed by atoms with van der Waals surface area (Å²) in [7, 11) is 0. The van der Waals surface area contributed by atoms with Crippen LogP contribution in [-0.2, 0) is 6.42 Å². The summed E-state index contributed by atoms with van der Waals surface area (Å²) in [5, 5.41) is 3.45. The van der Waals surface area contributed by atoms with Crippen LogP contribution in [0.3, 0.4) is 0 Å². The third-order valence-electron chi connectivity index (χ3n) is 2.57. The minimum absolute atomic E-state index is 0.400. The molecule has 1 nitrogen and oxygen atoms in total. The van der Waals surface area contributed by atoms with E-state index < -0.39 is 0 Å². The molecule has 0 aliphatic carbocycles. The molecule has 0 heterocycles. The van der Waals surface area contributed by atoms with Gasteiger partial charge in [0, 0.05) is 6.04 Å². The van der Waals surface area contributed by atoms with E-state index >= 15 is 0 Å². The Morgan fingerprint density at radius 3 is 2.73 bits per heavy atom. The molecular weight excluding hydrogens is 182 g/mol. The van der Waals surface area contributed by atoms with Crippen molar-refractivity contribution in [1.29, 1.82) is 0 Å². The van der Waals surface area contributed by atoms with Gasteiger partial charge in [0.2, 0.25) is 0 Å². The highest BCUT2D eigenvalue weighted by atomic mass is 14.9. The second-order valence-electron chi connectivity index (χ2n) is 4.15. The van der Waals surface area contributed by atoms with Crippen LogP contribution in [-0.4, -0.2) is 12.6 Å². The lowest BCUT2D eigenvalue weighted by Crippen LogP contribution is -2.31. The number of hydrogen-bond acceptors (Lipinski definition) is 1. The summed E-state index contributed by atoms with van der Waals surface area (Å²) in [5.74, 6) is 0. The van der Waals surface area contributed by atoms with Crippen molar-refractivity contribution in [2.75, 3.05) is 6.54 Å². The predicted octanol–water partition coefficient (Wildman–Crippen LogP) is 3.09. The minimum Gasteiger partial charge on any atom is -0.310 e. The van der Waals surface area contributed by atoms with Crippen LogP contribution in [0, 0.1) is 6.92 Å². The van der Waals surface area contributed by atoms with Gasteiger partial charge in [-0.1, -0.05) is 48.9 Å². The van der Waals surface area contributed by atoms with E-state index in [1.54, 1.807) is 0 Å². The average Bonchev–Trinajstić information content (AvgIpc) is 2.17. The van der Waals surface area contributed by atoms with E-state index in [2.05, 4.69) is 56.9 Å². The molecule has 1 aromatic carbocycles. The summed E-state index contributed by atoms with van der Waals surface area (Å²) in [6.45, 7) is 11.4. The molecule has 1 atom stereocenters. The van der Waals surface area contributed by atoms with Gasteiger partial charge in [0.25, 0.3) is 0 Å². The Kier molecular flexibility index (Phi) is 4.57. The Labute approximate surface area is 93.2 Å². The van der Waals surface area contributed by atoms with Crippen molar-refractivity contribution in [3.8, 4) is 0 Å². The molecule has 0 aliphatic heterocycles. The lowest BCUT2D eigenvalue weighted by Gasteiger charge is -2.18. The van der Waals surface area contributed by atoms with Gasteiger partial charge in [-0.15, -0.1) is 0 Å². The van der Waals surface area contributed by atoms with E-state index in [-0.39, 0.29) is 0 Å². The van der Waals surface area contributed by atoms with Crippen LogP contribution in [0.2, 0.25) is 0 Å². The van der Waals surface area contributed by atoms with E-state index in [4.69, 9.17) is 0 Å². The van der Waals surface area contributed by atoms with Crippen molar-refractivity contribution in [2.24, 2.45) is 0 Å². The van der Waals surface area contributed by atoms with Gasteiger partial charge in [0.1, 0.15) is 0 Å². The highest BCUT2D eigenvalue weighted by Crippen LogP contribution is 2.10. The summed E-state index contributed by atoms with van der Waals surface area (Å²) in [5.41, 5.74) is 3.91. The summed E-state index contributed by atoms with van der Waals surface area (Å²) in [6.07, 6.45) is 1.03. The molecule has 0 bridgehead atoms. The molecule has 0 saturated carbocycles. The molecule has 82 valence electrons. The largest absolute Gasteiger partial charge is 0.310 e. The second kappa shape index (κ2) is 5.72. The van der Waals surface area contributed by atoms with E-state index in [9.17, 15) is 0 Å². The highest BCUT2D eigenvalue weighted by molar-refractivity contribution is 5.24. The molecule has 0 amide bonds. The fourth-order valence-corrected chi connectivity index (χ4v) is 1.74. The van der Waals surface area contributed by atoms with Crippen LogP contribution in [0.4, 0.5) is 0 Å². The Morgan fingerprint density at radius 2 is 2.20 bits per heavy atom. The fraction of sp³-hybridized carbons (Fsp3) is 0.429. The average molecular weight is 203 g/mol. The molecule has 1 rings (SSSR count). The maximum atomic E-state index is 4.03. The first kappa shape index (κ1) is 12.0. The second-order valence-corrected chi connectivity index (χ2v) is 4.15. The first-order valence-corrected chi connectivity index (χ1v) is 5.57. The Balaban J connectivity index is 2.69. The molecule has 1 heteroatoms. The highest BCUT2D eigenvalue weighted by Gasteiger charge is 2.08. The zero-order valence-electron chi connectivity index (χ0n) is 10.0. The zero-order chi connectivity index (χ0) is 11.3. The van der Waals surface area contributed by atoms with Crippen LogP contribution in [0.5, 0.6) is 0 Å². The monoisotopic (exact) mass is 203 g/mol. The van der Waals surface area contributed by atoms with Crippen molar-refractivity contribution >= 4 is 0 Å². The molecule has 0 saturated heterocycles. The Morgan fingerprint density at radius 1 is 1.47 bits per heavy atom. The van der Waals surface area contributed by atoms with Gasteiger partial charge in [0.05, 0.1) is 0 Å². The fourth-order valence-electron chi connectivity index (χ4n) is 1.74. The van der Waals surface area contributed by atoms with Gasteiger partial charge < -0.3 is 5.32 Å². The first-order chi connectivity index (χ1) is 7.13. The molecule has 1 aromatic rings. The smallest absolute Gasteiger partial charge is 0.0314 e. The normalized spacial score (nSPS) is 12.5. The van der Waals surface area contributed by atoms with Gasteiger partial charge in [-0.2, -0.15) is 0 Å². The molecule has 1 unspecified atom stereocenters. The van der Waals surface area contributed by atoms with Gasteiger partial charge in [-0.25, -0.2) is 0 Å². The number of hydrogen-bond donors (Lipinski definition) is 1. The maximum Gasteiger partial charge on any atom is 0.0314 e. The van der Waals surface area contributed by atoms with E-state index in [0.717, 1.165) is 13.0 Å². The molecule has 0 aliphatic rings. The van der Waals surface area contributed by atoms with Crippen molar-refractivity contribution in [3.05, 3.63) is 47.5 Å². The van der Waals surface area contributed by atoms with Crippen molar-refractivity contribution in [1.82, 2.24) is 5.32 Å². The lowest BCUT2D eigenvalue weighted by molar-refractivity contribution is 0.587. The van der Waals surface area contributed by atoms with Gasteiger partial charge in [-0.05, 0) is 32.4 Å². The van der Waals surface area contributed by atoms with Crippen molar-refractivity contribution in [3.63, 3.8) is 0 Å². The summed E-state index contributed by atoms with van der Waals surface area (Å²) in [4.78, 5) is 0. The van der Waals surface area contributed by atoms with E-state index in [0.29, 0.717) is 6.04 Å². The van der Waals surface area contributed by atoms with Crippen LogP contribution in [0.15, 0.2) is 36.4 Å². The van der Waals surface area contributed by atoms with Gasteiger partial charge in [0.15, 0.2) is 0 Å². The van der Waals surface area contributed by atoms with Crippen LogP contribution < -0.4 is 5.32 Å². The Hall–Kier alpha value is -1.08. The summed E-state index contributed by atoms with van der Waals surface area (Å²) in [6, 6.07) is 9.07. The third-order valence-corrected chi connectivity index (χ3v) is 2.57. The number of aryl methyl sites for hydroxylation is 1. The predicted molar refractivity (Wildman–Crippen MR) is 67.2 cm³/mol. The van der Waals surface area contributed by atoms with E-state index in [1.807, 2.05) is 0 Å². The molecule has 0 radical (unpaired) electrons. The molecule has 0 fully saturated rings. The maximum absolute atomic E-state index is 4.03. The van der Waals surface area contributed by atoms with Crippen molar-refractivity contribution in [2.45, 2.75) is 33.2 Å². The third kappa shape index (κ3) is 3.88. The minimum atomic E-state index is 0.400. The number of nitrogens with one attached hydrogen (secondary N) is 1. The van der Waals surface area contributed by atoms with Gasteiger partial charge in [-0.3, -0.25) is 0 Å². The molecular formula is C14H21N. The molecule has 0 aromatic heterocycles. The zero-order valence-corrected chi connectivity index (χ0v) is 10.0. The van der Waals surface area contributed by atoms with Crippen LogP contribution in [0.1, 0.15) is 25.0 Å². The SMILES string of the molecule is C=C(C)C(Cc1cccc(C)c1)NCC. The van der Waals surface area contributed by atoms with Crippen LogP contribution >= 0.6 is 0 Å². The van der Waals surface area contributed by atoms with E-state index in [1.165, 1.54) is 16.7 Å². The summed E-state index contributed by atoms with van der Waals surface area (Å²) >= 11 is 0. The quantitative estimate of drug-likeness (QED) is 0.725. The number of benzene rings is 1. The van der Waals surface area contributed by atoms with Crippen molar-refractivity contribution < 1.29 is 0 Å². The molecule has 15 heavy (non-hydrogen) atoms. The standard InChI is InChI=1S/C14H21N/c1-5-15-14(11(2)3)10-13-8-6-7-12(4)9-13/h6-9,14-15H,2,5,10H2,1,3-4H3. The molecule has 1 N–H and O–H groups in total. The first-order valence-electron chi connectivity index (χ1n) is 5.57.